The van der Waals surface area contributed by atoms with Crippen LogP contribution in [0, 0.1) is 29.5 Å². The number of halogens is 2. The first-order chi connectivity index (χ1) is 14.1. The zero-order valence-corrected chi connectivity index (χ0v) is 19.3. The maximum Gasteiger partial charge on any atom is 0.233 e. The number of aliphatic imine (C=N–C) groups is 1. The molecule has 1 aromatic carbocycles. The fourth-order valence-electron chi connectivity index (χ4n) is 4.87. The highest BCUT2D eigenvalue weighted by Gasteiger charge is 2.58. The fourth-order valence-corrected chi connectivity index (χ4v) is 4.87. The van der Waals surface area contributed by atoms with Gasteiger partial charge in [0.05, 0.1) is 11.8 Å². The molecule has 2 bridgehead atoms. The first-order valence-electron chi connectivity index (χ1n) is 10.3. The summed E-state index contributed by atoms with van der Waals surface area (Å²) in [5.74, 6) is 0.680. The molecule has 1 saturated carbocycles. The van der Waals surface area contributed by atoms with Crippen molar-refractivity contribution in [2.75, 3.05) is 26.7 Å². The summed E-state index contributed by atoms with van der Waals surface area (Å²) in [6, 6.07) is 6.73. The Morgan fingerprint density at radius 3 is 2.37 bits per heavy atom. The number of rotatable bonds is 7. The third kappa shape index (κ3) is 4.38. The third-order valence-electron chi connectivity index (χ3n) is 6.28. The van der Waals surface area contributed by atoms with Gasteiger partial charge < -0.3 is 10.6 Å². The van der Waals surface area contributed by atoms with E-state index in [1.54, 1.807) is 19.2 Å². The van der Waals surface area contributed by atoms with Crippen LogP contribution in [-0.4, -0.2) is 49.4 Å². The highest BCUT2D eigenvalue weighted by molar-refractivity contribution is 14.0. The number of hydrogen-bond donors (Lipinski definition) is 2. The number of hydrogen-bond acceptors (Lipinski definition) is 3. The molecule has 0 radical (unpaired) electrons. The van der Waals surface area contributed by atoms with Crippen molar-refractivity contribution in [1.82, 2.24) is 15.5 Å². The Labute approximate surface area is 193 Å². The molecule has 1 aliphatic heterocycles. The zero-order valence-electron chi connectivity index (χ0n) is 17.0. The topological polar surface area (TPSA) is 73.8 Å². The maximum atomic E-state index is 13.7. The number of allylic oxidation sites excluding steroid dienone is 2. The van der Waals surface area contributed by atoms with Gasteiger partial charge in [0.2, 0.25) is 11.8 Å². The van der Waals surface area contributed by atoms with Crippen molar-refractivity contribution in [3.63, 3.8) is 0 Å². The molecule has 6 nitrogen and oxygen atoms in total. The van der Waals surface area contributed by atoms with E-state index in [1.807, 2.05) is 6.07 Å². The van der Waals surface area contributed by atoms with Gasteiger partial charge in [-0.25, -0.2) is 4.39 Å². The third-order valence-corrected chi connectivity index (χ3v) is 6.28. The standard InChI is InChI=1S/C22H27FN4O2.HI/c1-24-22(26-11-9-14-5-2-3-6-17(14)23)25-10-4-12-27-20(28)18-15-7-8-16(13-15)19(18)21(27)29;/h2-3,5-8,15-16,18-19H,4,9-13H2,1H3,(H2,24,25,26);1H. The van der Waals surface area contributed by atoms with Gasteiger partial charge in [-0.2, -0.15) is 0 Å². The summed E-state index contributed by atoms with van der Waals surface area (Å²) in [6.07, 6.45) is 6.40. The van der Waals surface area contributed by atoms with Crippen LogP contribution in [0.5, 0.6) is 0 Å². The van der Waals surface area contributed by atoms with E-state index in [2.05, 4.69) is 27.8 Å². The van der Waals surface area contributed by atoms with Crippen molar-refractivity contribution in [2.24, 2.45) is 28.7 Å². The Morgan fingerprint density at radius 2 is 1.73 bits per heavy atom. The highest BCUT2D eigenvalue weighted by atomic mass is 127. The summed E-state index contributed by atoms with van der Waals surface area (Å²) in [5.41, 5.74) is 0.663. The summed E-state index contributed by atoms with van der Waals surface area (Å²) in [4.78, 5) is 30.9. The van der Waals surface area contributed by atoms with Crippen molar-refractivity contribution in [3.05, 3.63) is 47.8 Å². The first-order valence-corrected chi connectivity index (χ1v) is 10.3. The average molecular weight is 526 g/mol. The number of guanidine groups is 1. The van der Waals surface area contributed by atoms with Gasteiger partial charge in [-0.1, -0.05) is 30.4 Å². The van der Waals surface area contributed by atoms with Crippen LogP contribution in [0.3, 0.4) is 0 Å². The average Bonchev–Trinajstić information content (AvgIpc) is 3.40. The minimum Gasteiger partial charge on any atom is -0.356 e. The normalized spacial score (nSPS) is 26.7. The molecule has 2 aliphatic carbocycles. The summed E-state index contributed by atoms with van der Waals surface area (Å²) in [5, 5.41) is 6.35. The number of carbonyl (C=O) groups is 2. The first kappa shape index (κ1) is 22.7. The van der Waals surface area contributed by atoms with E-state index in [0.29, 0.717) is 44.0 Å². The van der Waals surface area contributed by atoms with E-state index in [4.69, 9.17) is 0 Å². The SMILES string of the molecule is CN=C(NCCCN1C(=O)C2C3C=CC(C3)C2C1=O)NCCc1ccccc1F.I. The second kappa shape index (κ2) is 9.89. The van der Waals surface area contributed by atoms with Crippen LogP contribution >= 0.6 is 24.0 Å². The van der Waals surface area contributed by atoms with Gasteiger partial charge >= 0.3 is 0 Å². The molecule has 4 rings (SSSR count). The molecule has 162 valence electrons. The van der Waals surface area contributed by atoms with Gasteiger partial charge in [0.15, 0.2) is 5.96 Å². The second-order valence-electron chi connectivity index (χ2n) is 7.95. The molecule has 1 saturated heterocycles. The van der Waals surface area contributed by atoms with Crippen LogP contribution in [0.2, 0.25) is 0 Å². The van der Waals surface area contributed by atoms with Crippen molar-refractivity contribution < 1.29 is 14.0 Å². The van der Waals surface area contributed by atoms with Crippen LogP contribution in [0.1, 0.15) is 18.4 Å². The Kier molecular flexibility index (Phi) is 7.49. The number of fused-ring (bicyclic) bond motifs is 5. The molecular weight excluding hydrogens is 498 g/mol. The van der Waals surface area contributed by atoms with Crippen LogP contribution in [-0.2, 0) is 16.0 Å². The molecule has 8 heteroatoms. The van der Waals surface area contributed by atoms with E-state index in [9.17, 15) is 14.0 Å². The molecule has 2 fully saturated rings. The predicted molar refractivity (Wildman–Crippen MR) is 124 cm³/mol. The molecule has 3 aliphatic rings. The van der Waals surface area contributed by atoms with Gasteiger partial charge in [-0.05, 0) is 42.7 Å². The van der Waals surface area contributed by atoms with Gasteiger partial charge in [0.1, 0.15) is 5.82 Å². The number of imide groups is 1. The van der Waals surface area contributed by atoms with Gasteiger partial charge in [-0.3, -0.25) is 19.5 Å². The quantitative estimate of drug-likeness (QED) is 0.143. The Morgan fingerprint density at radius 1 is 1.10 bits per heavy atom. The summed E-state index contributed by atoms with van der Waals surface area (Å²) in [6.45, 7) is 1.59. The van der Waals surface area contributed by atoms with Crippen molar-refractivity contribution in [1.29, 1.82) is 0 Å². The zero-order chi connectivity index (χ0) is 20.4. The Bertz CT molecular complexity index is 829. The molecule has 4 unspecified atom stereocenters. The van der Waals surface area contributed by atoms with Gasteiger partial charge in [0, 0.05) is 26.7 Å². The van der Waals surface area contributed by atoms with Crippen LogP contribution < -0.4 is 10.6 Å². The number of likely N-dealkylation sites (tertiary alicyclic amines) is 1. The van der Waals surface area contributed by atoms with E-state index in [0.717, 1.165) is 6.42 Å². The summed E-state index contributed by atoms with van der Waals surface area (Å²) < 4.78 is 13.7. The monoisotopic (exact) mass is 526 g/mol. The molecule has 4 atom stereocenters. The Balaban J connectivity index is 0.00000256. The molecular formula is C22H28FIN4O2. The molecule has 0 aromatic heterocycles. The lowest BCUT2D eigenvalue weighted by molar-refractivity contribution is -0.140. The number of carbonyl (C=O) groups excluding carboxylic acids is 2. The lowest BCUT2D eigenvalue weighted by Crippen LogP contribution is -2.40. The van der Waals surface area contributed by atoms with E-state index in [-0.39, 0.29) is 65.3 Å². The lowest BCUT2D eigenvalue weighted by Gasteiger charge is -2.18. The lowest BCUT2D eigenvalue weighted by atomic mass is 9.85. The van der Waals surface area contributed by atoms with Gasteiger partial charge in [0.25, 0.3) is 0 Å². The molecule has 2 N–H and O–H groups in total. The van der Waals surface area contributed by atoms with Gasteiger partial charge in [-0.15, -0.1) is 24.0 Å². The van der Waals surface area contributed by atoms with E-state index in [1.165, 1.54) is 11.0 Å². The van der Waals surface area contributed by atoms with Crippen molar-refractivity contribution in [3.8, 4) is 0 Å². The van der Waals surface area contributed by atoms with Crippen LogP contribution in [0.4, 0.5) is 4.39 Å². The summed E-state index contributed by atoms with van der Waals surface area (Å²) >= 11 is 0. The predicted octanol–water partition coefficient (Wildman–Crippen LogP) is 2.35. The van der Waals surface area contributed by atoms with Crippen molar-refractivity contribution >= 4 is 41.8 Å². The largest absolute Gasteiger partial charge is 0.356 e. The van der Waals surface area contributed by atoms with E-state index < -0.39 is 0 Å². The number of nitrogens with one attached hydrogen (secondary N) is 2. The summed E-state index contributed by atoms with van der Waals surface area (Å²) in [7, 11) is 1.68. The molecule has 1 heterocycles. The second-order valence-corrected chi connectivity index (χ2v) is 7.95. The minimum atomic E-state index is -0.203. The Hall–Kier alpha value is -1.97. The fraction of sp³-hybridized carbons (Fsp3) is 0.500. The molecule has 30 heavy (non-hydrogen) atoms. The van der Waals surface area contributed by atoms with Crippen LogP contribution in [0.15, 0.2) is 41.4 Å². The molecule has 2 amide bonds. The molecule has 1 aromatic rings. The van der Waals surface area contributed by atoms with E-state index >= 15 is 0 Å². The number of amides is 2. The number of nitrogens with zero attached hydrogens (tertiary/aromatic N) is 2. The van der Waals surface area contributed by atoms with Crippen LogP contribution in [0.25, 0.3) is 0 Å². The minimum absolute atomic E-state index is 0. The number of benzene rings is 1. The van der Waals surface area contributed by atoms with Crippen molar-refractivity contribution in [2.45, 2.75) is 19.3 Å². The highest BCUT2D eigenvalue weighted by Crippen LogP contribution is 2.52. The smallest absolute Gasteiger partial charge is 0.233 e. The molecule has 0 spiro atoms. The maximum absolute atomic E-state index is 13.7.